The van der Waals surface area contributed by atoms with Gasteiger partial charge in [-0.25, -0.2) is 0 Å². The van der Waals surface area contributed by atoms with Gasteiger partial charge in [-0.1, -0.05) is 72.8 Å². The van der Waals surface area contributed by atoms with Crippen LogP contribution in [-0.4, -0.2) is 0 Å². The molecule has 1 unspecified atom stereocenters. The third-order valence-corrected chi connectivity index (χ3v) is 4.21. The van der Waals surface area contributed by atoms with Crippen LogP contribution in [-0.2, 0) is 6.54 Å². The van der Waals surface area contributed by atoms with Gasteiger partial charge in [0.15, 0.2) is 0 Å². The molecule has 102 valence electrons. The Morgan fingerprint density at radius 1 is 0.667 bits per heavy atom. The van der Waals surface area contributed by atoms with Gasteiger partial charge in [0, 0.05) is 12.2 Å². The molecule has 0 aromatic heterocycles. The number of nitrogens with zero attached hydrogens (tertiary/aromatic N) is 1. The first kappa shape index (κ1) is 12.2. The van der Waals surface area contributed by atoms with Crippen LogP contribution in [0.2, 0.25) is 0 Å². The lowest BCUT2D eigenvalue weighted by Gasteiger charge is -2.27. The Bertz CT molecular complexity index is 734. The van der Waals surface area contributed by atoms with E-state index < -0.39 is 0 Å². The fourth-order valence-electron chi connectivity index (χ4n) is 3.24. The number of hydrogen-bond acceptors (Lipinski definition) is 1. The van der Waals surface area contributed by atoms with Crippen molar-refractivity contribution in [2.75, 3.05) is 4.90 Å². The smallest absolute Gasteiger partial charge is 0.0803 e. The Balaban J connectivity index is 1.85. The molecule has 0 radical (unpaired) electrons. The van der Waals surface area contributed by atoms with Crippen LogP contribution in [0.4, 0.5) is 5.69 Å². The van der Waals surface area contributed by atoms with E-state index >= 15 is 0 Å². The number of para-hydroxylation sites is 1. The van der Waals surface area contributed by atoms with Crippen LogP contribution in [0.1, 0.15) is 22.7 Å². The molecule has 0 aliphatic carbocycles. The molecule has 1 heterocycles. The lowest BCUT2D eigenvalue weighted by Crippen LogP contribution is -2.22. The first-order valence-electron chi connectivity index (χ1n) is 7.38. The lowest BCUT2D eigenvalue weighted by molar-refractivity contribution is 0.770. The standard InChI is InChI=1S/C20H17N/c1-3-9-16(10-4-1)20-19-14-8-7-11-17(19)15-21(20)18-12-5-2-6-13-18/h1-14,20H,15H2. The van der Waals surface area contributed by atoms with E-state index in [-0.39, 0.29) is 0 Å². The van der Waals surface area contributed by atoms with Crippen molar-refractivity contribution in [1.29, 1.82) is 0 Å². The summed E-state index contributed by atoms with van der Waals surface area (Å²) in [4.78, 5) is 2.49. The largest absolute Gasteiger partial charge is 0.356 e. The Kier molecular flexibility index (Phi) is 2.97. The Morgan fingerprint density at radius 2 is 1.29 bits per heavy atom. The molecular weight excluding hydrogens is 254 g/mol. The van der Waals surface area contributed by atoms with Crippen LogP contribution in [0.15, 0.2) is 84.9 Å². The molecule has 1 aliphatic heterocycles. The van der Waals surface area contributed by atoms with Crippen molar-refractivity contribution in [2.45, 2.75) is 12.6 Å². The van der Waals surface area contributed by atoms with E-state index in [4.69, 9.17) is 0 Å². The van der Waals surface area contributed by atoms with Crippen LogP contribution < -0.4 is 4.90 Å². The average molecular weight is 271 g/mol. The van der Waals surface area contributed by atoms with Gasteiger partial charge < -0.3 is 4.90 Å². The fourth-order valence-corrected chi connectivity index (χ4v) is 3.24. The van der Waals surface area contributed by atoms with Gasteiger partial charge in [-0.2, -0.15) is 0 Å². The molecule has 0 saturated heterocycles. The summed E-state index contributed by atoms with van der Waals surface area (Å²) in [5.41, 5.74) is 5.48. The third kappa shape index (κ3) is 2.11. The van der Waals surface area contributed by atoms with Gasteiger partial charge in [0.25, 0.3) is 0 Å². The van der Waals surface area contributed by atoms with E-state index in [0.717, 1.165) is 6.54 Å². The summed E-state index contributed by atoms with van der Waals surface area (Å²) in [7, 11) is 0. The van der Waals surface area contributed by atoms with E-state index in [1.807, 2.05) is 0 Å². The summed E-state index contributed by atoms with van der Waals surface area (Å²) in [6.45, 7) is 0.972. The predicted molar refractivity (Wildman–Crippen MR) is 87.4 cm³/mol. The second-order valence-electron chi connectivity index (χ2n) is 5.48. The molecule has 0 spiro atoms. The normalized spacial score (nSPS) is 16.8. The summed E-state index contributed by atoms with van der Waals surface area (Å²) in [5, 5.41) is 0. The Morgan fingerprint density at radius 3 is 2.05 bits per heavy atom. The second-order valence-corrected chi connectivity index (χ2v) is 5.48. The number of benzene rings is 3. The van der Waals surface area contributed by atoms with Crippen molar-refractivity contribution in [3.8, 4) is 0 Å². The maximum absolute atomic E-state index is 2.49. The number of rotatable bonds is 2. The Labute approximate surface area is 125 Å². The molecule has 1 atom stereocenters. The van der Waals surface area contributed by atoms with Crippen LogP contribution in [0.5, 0.6) is 0 Å². The summed E-state index contributed by atoms with van der Waals surface area (Å²) in [5.74, 6) is 0. The summed E-state index contributed by atoms with van der Waals surface area (Å²) < 4.78 is 0. The number of anilines is 1. The molecule has 0 fully saturated rings. The van der Waals surface area contributed by atoms with Crippen molar-refractivity contribution in [3.63, 3.8) is 0 Å². The molecule has 21 heavy (non-hydrogen) atoms. The summed E-state index contributed by atoms with van der Waals surface area (Å²) in [6, 6.07) is 30.6. The predicted octanol–water partition coefficient (Wildman–Crippen LogP) is 4.80. The third-order valence-electron chi connectivity index (χ3n) is 4.21. The van der Waals surface area contributed by atoms with E-state index in [2.05, 4.69) is 89.8 Å². The van der Waals surface area contributed by atoms with Gasteiger partial charge in [-0.15, -0.1) is 0 Å². The monoisotopic (exact) mass is 271 g/mol. The molecule has 3 aromatic carbocycles. The molecule has 0 N–H and O–H groups in total. The lowest BCUT2D eigenvalue weighted by atomic mass is 9.98. The molecule has 3 aromatic rings. The number of fused-ring (bicyclic) bond motifs is 1. The zero-order valence-corrected chi connectivity index (χ0v) is 11.8. The van der Waals surface area contributed by atoms with Crippen molar-refractivity contribution in [1.82, 2.24) is 0 Å². The molecular formula is C20H17N. The summed E-state index contributed by atoms with van der Waals surface area (Å²) >= 11 is 0. The van der Waals surface area contributed by atoms with Crippen LogP contribution in [0.3, 0.4) is 0 Å². The van der Waals surface area contributed by atoms with E-state index in [1.165, 1.54) is 22.4 Å². The van der Waals surface area contributed by atoms with Crippen LogP contribution in [0, 0.1) is 0 Å². The quantitative estimate of drug-likeness (QED) is 0.647. The van der Waals surface area contributed by atoms with Crippen molar-refractivity contribution in [3.05, 3.63) is 102 Å². The number of hydrogen-bond donors (Lipinski definition) is 0. The molecule has 4 rings (SSSR count). The van der Waals surface area contributed by atoms with Crippen molar-refractivity contribution in [2.24, 2.45) is 0 Å². The molecule has 1 heteroatoms. The molecule has 1 aliphatic rings. The minimum Gasteiger partial charge on any atom is -0.356 e. The minimum absolute atomic E-state index is 0.310. The first-order valence-corrected chi connectivity index (χ1v) is 7.38. The summed E-state index contributed by atoms with van der Waals surface area (Å²) in [6.07, 6.45) is 0. The van der Waals surface area contributed by atoms with Gasteiger partial charge >= 0.3 is 0 Å². The van der Waals surface area contributed by atoms with Crippen molar-refractivity contribution >= 4 is 5.69 Å². The maximum atomic E-state index is 2.49. The van der Waals surface area contributed by atoms with Gasteiger partial charge in [-0.05, 0) is 28.8 Å². The molecule has 0 saturated carbocycles. The molecule has 0 bridgehead atoms. The highest BCUT2D eigenvalue weighted by Crippen LogP contribution is 2.41. The zero-order valence-electron chi connectivity index (χ0n) is 11.8. The molecule has 0 amide bonds. The van der Waals surface area contributed by atoms with E-state index in [0.29, 0.717) is 6.04 Å². The van der Waals surface area contributed by atoms with E-state index in [1.54, 1.807) is 0 Å². The highest BCUT2D eigenvalue weighted by molar-refractivity contribution is 5.58. The van der Waals surface area contributed by atoms with Crippen LogP contribution >= 0.6 is 0 Å². The fraction of sp³-hybridized carbons (Fsp3) is 0.100. The highest BCUT2D eigenvalue weighted by Gasteiger charge is 2.30. The van der Waals surface area contributed by atoms with Gasteiger partial charge in [0.2, 0.25) is 0 Å². The SMILES string of the molecule is c1ccc(C2c3ccccc3CN2c2ccccc2)cc1. The van der Waals surface area contributed by atoms with Gasteiger partial charge in [0.05, 0.1) is 6.04 Å². The Hall–Kier alpha value is -2.54. The van der Waals surface area contributed by atoms with Crippen LogP contribution in [0.25, 0.3) is 0 Å². The minimum atomic E-state index is 0.310. The van der Waals surface area contributed by atoms with Gasteiger partial charge in [-0.3, -0.25) is 0 Å². The highest BCUT2D eigenvalue weighted by atomic mass is 15.2. The topological polar surface area (TPSA) is 3.24 Å². The zero-order chi connectivity index (χ0) is 14.1. The van der Waals surface area contributed by atoms with E-state index in [9.17, 15) is 0 Å². The second kappa shape index (κ2) is 5.10. The molecule has 1 nitrogen and oxygen atoms in total. The first-order chi connectivity index (χ1) is 10.4. The van der Waals surface area contributed by atoms with Gasteiger partial charge in [0.1, 0.15) is 0 Å². The average Bonchev–Trinajstić information content (AvgIpc) is 2.96. The van der Waals surface area contributed by atoms with Crippen molar-refractivity contribution < 1.29 is 0 Å². The maximum Gasteiger partial charge on any atom is 0.0803 e.